The first kappa shape index (κ1) is 17.3. The number of hydrogen-bond acceptors (Lipinski definition) is 5. The number of hydrogen-bond donors (Lipinski definition) is 1. The maximum atomic E-state index is 12.6. The fraction of sp³-hybridized carbons (Fsp3) is 0.158. The summed E-state index contributed by atoms with van der Waals surface area (Å²) in [6, 6.07) is 12.7. The van der Waals surface area contributed by atoms with E-state index in [1.807, 2.05) is 31.2 Å². The van der Waals surface area contributed by atoms with Gasteiger partial charge < -0.3 is 9.84 Å². The zero-order valence-corrected chi connectivity index (χ0v) is 14.7. The van der Waals surface area contributed by atoms with Crippen LogP contribution in [0.15, 0.2) is 53.3 Å². The van der Waals surface area contributed by atoms with Gasteiger partial charge in [-0.1, -0.05) is 29.4 Å². The minimum atomic E-state index is -0.425. The predicted octanol–water partition coefficient (Wildman–Crippen LogP) is 3.28. The molecule has 0 radical (unpaired) electrons. The molecule has 7 nitrogen and oxygen atoms in total. The lowest BCUT2D eigenvalue weighted by Crippen LogP contribution is -2.27. The summed E-state index contributed by atoms with van der Waals surface area (Å²) in [4.78, 5) is 30.4. The van der Waals surface area contributed by atoms with Gasteiger partial charge in [-0.2, -0.15) is 0 Å². The minimum Gasteiger partial charge on any atom is -0.363 e. The van der Waals surface area contributed by atoms with Gasteiger partial charge in [-0.25, -0.2) is 4.98 Å². The van der Waals surface area contributed by atoms with Gasteiger partial charge in [0.05, 0.1) is 11.3 Å². The molecule has 0 bridgehead atoms. The zero-order valence-electron chi connectivity index (χ0n) is 14.7. The first-order valence-corrected chi connectivity index (χ1v) is 8.00. The molecular weight excluding hydrogens is 332 g/mol. The van der Waals surface area contributed by atoms with Gasteiger partial charge in [0.25, 0.3) is 5.91 Å². The van der Waals surface area contributed by atoms with Gasteiger partial charge in [0.2, 0.25) is 5.91 Å². The Labute approximate surface area is 150 Å². The molecule has 0 unspecified atom stereocenters. The number of benzene rings is 1. The summed E-state index contributed by atoms with van der Waals surface area (Å²) < 4.78 is 4.71. The molecule has 0 fully saturated rings. The highest BCUT2D eigenvalue weighted by atomic mass is 16.5. The summed E-state index contributed by atoms with van der Waals surface area (Å²) in [5.74, 6) is -0.0885. The Morgan fingerprint density at radius 2 is 1.88 bits per heavy atom. The molecule has 2 amide bonds. The van der Waals surface area contributed by atoms with Crippen LogP contribution in [-0.4, -0.2) is 29.0 Å². The fourth-order valence-corrected chi connectivity index (χ4v) is 2.50. The largest absolute Gasteiger partial charge is 0.363 e. The molecule has 3 aromatic rings. The van der Waals surface area contributed by atoms with Crippen LogP contribution in [0.25, 0.3) is 11.3 Å². The van der Waals surface area contributed by atoms with Crippen LogP contribution < -0.4 is 10.2 Å². The van der Waals surface area contributed by atoms with Crippen molar-refractivity contribution in [3.05, 3.63) is 59.9 Å². The predicted molar refractivity (Wildman–Crippen MR) is 98.0 cm³/mol. The SMILES string of the molecule is CC(=O)N(C)c1nc(-c2ccccc2C)ccc1C(=O)Nc1ccon1. The quantitative estimate of drug-likeness (QED) is 0.780. The molecule has 0 aliphatic heterocycles. The van der Waals surface area contributed by atoms with Crippen LogP contribution in [-0.2, 0) is 4.79 Å². The highest BCUT2D eigenvalue weighted by Gasteiger charge is 2.20. The number of nitrogens with zero attached hydrogens (tertiary/aromatic N) is 3. The lowest BCUT2D eigenvalue weighted by molar-refractivity contribution is -0.116. The molecule has 0 saturated carbocycles. The Morgan fingerprint density at radius 1 is 1.12 bits per heavy atom. The topological polar surface area (TPSA) is 88.3 Å². The lowest BCUT2D eigenvalue weighted by atomic mass is 10.0. The number of rotatable bonds is 4. The minimum absolute atomic E-state index is 0.227. The van der Waals surface area contributed by atoms with Gasteiger partial charge in [0.15, 0.2) is 5.82 Å². The van der Waals surface area contributed by atoms with Crippen molar-refractivity contribution in [1.29, 1.82) is 0 Å². The van der Waals surface area contributed by atoms with Crippen molar-refractivity contribution in [2.45, 2.75) is 13.8 Å². The molecule has 1 N–H and O–H groups in total. The maximum Gasteiger partial charge on any atom is 0.260 e. The number of nitrogens with one attached hydrogen (secondary N) is 1. The number of anilines is 2. The second kappa shape index (κ2) is 7.18. The second-order valence-corrected chi connectivity index (χ2v) is 5.80. The summed E-state index contributed by atoms with van der Waals surface area (Å²) in [6.07, 6.45) is 1.36. The third kappa shape index (κ3) is 3.46. The van der Waals surface area contributed by atoms with Crippen molar-refractivity contribution >= 4 is 23.5 Å². The van der Waals surface area contributed by atoms with E-state index in [-0.39, 0.29) is 23.1 Å². The first-order chi connectivity index (χ1) is 12.5. The highest BCUT2D eigenvalue weighted by Crippen LogP contribution is 2.26. The van der Waals surface area contributed by atoms with E-state index in [0.717, 1.165) is 11.1 Å². The van der Waals surface area contributed by atoms with Crippen molar-refractivity contribution in [3.63, 3.8) is 0 Å². The summed E-state index contributed by atoms with van der Waals surface area (Å²) in [7, 11) is 1.58. The van der Waals surface area contributed by atoms with Gasteiger partial charge in [-0.05, 0) is 24.6 Å². The molecular formula is C19H18N4O3. The monoisotopic (exact) mass is 350 g/mol. The molecule has 0 aliphatic rings. The van der Waals surface area contributed by atoms with Crippen LogP contribution in [0, 0.1) is 6.92 Å². The van der Waals surface area contributed by atoms with E-state index >= 15 is 0 Å². The van der Waals surface area contributed by atoms with Gasteiger partial charge in [0, 0.05) is 25.6 Å². The number of aromatic nitrogens is 2. The maximum absolute atomic E-state index is 12.6. The van der Waals surface area contributed by atoms with Crippen LogP contribution in [0.3, 0.4) is 0 Å². The average Bonchev–Trinajstić information content (AvgIpc) is 3.14. The molecule has 26 heavy (non-hydrogen) atoms. The van der Waals surface area contributed by atoms with E-state index in [4.69, 9.17) is 4.52 Å². The van der Waals surface area contributed by atoms with E-state index in [9.17, 15) is 9.59 Å². The standard InChI is InChI=1S/C19H18N4O3/c1-12-6-4-5-7-14(12)16-9-8-15(18(20-16)23(3)13(2)24)19(25)21-17-10-11-26-22-17/h4-11H,1-3H3,(H,21,22,25). The summed E-state index contributed by atoms with van der Waals surface area (Å²) >= 11 is 0. The average molecular weight is 350 g/mol. The van der Waals surface area contributed by atoms with Crippen LogP contribution in [0.2, 0.25) is 0 Å². The molecule has 2 heterocycles. The summed E-state index contributed by atoms with van der Waals surface area (Å²) in [6.45, 7) is 3.40. The van der Waals surface area contributed by atoms with E-state index in [2.05, 4.69) is 15.5 Å². The molecule has 0 spiro atoms. The molecule has 132 valence electrons. The Bertz CT molecular complexity index is 951. The smallest absolute Gasteiger partial charge is 0.260 e. The van der Waals surface area contributed by atoms with Crippen LogP contribution in [0.5, 0.6) is 0 Å². The van der Waals surface area contributed by atoms with E-state index in [1.54, 1.807) is 19.2 Å². The molecule has 7 heteroatoms. The molecule has 2 aromatic heterocycles. The Balaban J connectivity index is 2.05. The van der Waals surface area contributed by atoms with Crippen LogP contribution in [0.4, 0.5) is 11.6 Å². The fourth-order valence-electron chi connectivity index (χ4n) is 2.50. The van der Waals surface area contributed by atoms with Gasteiger partial charge in [-0.3, -0.25) is 14.5 Å². The van der Waals surface area contributed by atoms with Crippen molar-refractivity contribution in [1.82, 2.24) is 10.1 Å². The van der Waals surface area contributed by atoms with Crippen molar-refractivity contribution < 1.29 is 14.1 Å². The molecule has 0 aliphatic carbocycles. The van der Waals surface area contributed by atoms with E-state index < -0.39 is 5.91 Å². The number of pyridine rings is 1. The van der Waals surface area contributed by atoms with Crippen molar-refractivity contribution in [3.8, 4) is 11.3 Å². The third-order valence-electron chi connectivity index (χ3n) is 4.01. The number of carbonyl (C=O) groups excluding carboxylic acids is 2. The summed E-state index contributed by atoms with van der Waals surface area (Å²) in [5, 5.41) is 6.28. The molecule has 0 saturated heterocycles. The summed E-state index contributed by atoms with van der Waals surface area (Å²) in [5.41, 5.74) is 2.94. The number of carbonyl (C=O) groups is 2. The van der Waals surface area contributed by atoms with Crippen LogP contribution in [0.1, 0.15) is 22.8 Å². The first-order valence-electron chi connectivity index (χ1n) is 8.00. The highest BCUT2D eigenvalue weighted by molar-refractivity contribution is 6.09. The Kier molecular flexibility index (Phi) is 4.79. The van der Waals surface area contributed by atoms with Crippen LogP contribution >= 0.6 is 0 Å². The lowest BCUT2D eigenvalue weighted by Gasteiger charge is -2.19. The van der Waals surface area contributed by atoms with E-state index in [1.165, 1.54) is 24.2 Å². The second-order valence-electron chi connectivity index (χ2n) is 5.80. The zero-order chi connectivity index (χ0) is 18.7. The van der Waals surface area contributed by atoms with Gasteiger partial charge >= 0.3 is 0 Å². The van der Waals surface area contributed by atoms with Crippen molar-refractivity contribution in [2.75, 3.05) is 17.3 Å². The number of amides is 2. The van der Waals surface area contributed by atoms with E-state index in [0.29, 0.717) is 5.69 Å². The number of aryl methyl sites for hydroxylation is 1. The Hall–Kier alpha value is -3.48. The normalized spacial score (nSPS) is 10.4. The molecule has 1 aromatic carbocycles. The molecule has 3 rings (SSSR count). The van der Waals surface area contributed by atoms with Gasteiger partial charge in [0.1, 0.15) is 12.1 Å². The van der Waals surface area contributed by atoms with Gasteiger partial charge in [-0.15, -0.1) is 0 Å². The Morgan fingerprint density at radius 3 is 2.54 bits per heavy atom. The molecule has 0 atom stereocenters. The van der Waals surface area contributed by atoms with Crippen molar-refractivity contribution in [2.24, 2.45) is 0 Å². The third-order valence-corrected chi connectivity index (χ3v) is 4.01.